The molecule has 1 aliphatic rings. The summed E-state index contributed by atoms with van der Waals surface area (Å²) in [5, 5.41) is 8.84. The Hall–Kier alpha value is -1.23. The molecule has 104 valence electrons. The van der Waals surface area contributed by atoms with E-state index >= 15 is 0 Å². The van der Waals surface area contributed by atoms with E-state index in [9.17, 15) is 4.79 Å². The predicted molar refractivity (Wildman–Crippen MR) is 75.2 cm³/mol. The molecule has 0 amide bonds. The van der Waals surface area contributed by atoms with E-state index in [-0.39, 0.29) is 12.3 Å². The number of fused-ring (bicyclic) bond motifs is 1. The Kier molecular flexibility index (Phi) is 4.34. The summed E-state index contributed by atoms with van der Waals surface area (Å²) in [6, 6.07) is 1.95. The summed E-state index contributed by atoms with van der Waals surface area (Å²) in [7, 11) is 0. The molecule has 0 atom stereocenters. The Bertz CT molecular complexity index is 497. The minimum Gasteiger partial charge on any atom is -0.486 e. The number of ether oxygens (including phenoxy) is 2. The maximum absolute atomic E-state index is 10.8. The highest BCUT2D eigenvalue weighted by Crippen LogP contribution is 2.45. The van der Waals surface area contributed by atoms with Crippen LogP contribution in [0.1, 0.15) is 37.3 Å². The molecule has 1 aromatic rings. The van der Waals surface area contributed by atoms with Gasteiger partial charge < -0.3 is 14.6 Å². The van der Waals surface area contributed by atoms with Crippen molar-refractivity contribution in [3.8, 4) is 11.5 Å². The molecule has 1 heterocycles. The van der Waals surface area contributed by atoms with Crippen LogP contribution in [0.2, 0.25) is 0 Å². The molecule has 2 rings (SSSR count). The van der Waals surface area contributed by atoms with E-state index in [2.05, 4.69) is 29.8 Å². The number of halogens is 1. The first kappa shape index (κ1) is 14.2. The Morgan fingerprint density at radius 2 is 2.00 bits per heavy atom. The van der Waals surface area contributed by atoms with Crippen LogP contribution in [0.15, 0.2) is 10.5 Å². The standard InChI is InChI=1S/C14H17BrO4/c1-8(2)12-9(3-4-11(16)17)7-10(15)13-14(12)19-6-5-18-13/h7-8H,3-6H2,1-2H3,(H,16,17). The highest BCUT2D eigenvalue weighted by atomic mass is 79.9. The van der Waals surface area contributed by atoms with E-state index in [0.29, 0.717) is 19.6 Å². The number of hydrogen-bond acceptors (Lipinski definition) is 3. The van der Waals surface area contributed by atoms with Crippen LogP contribution in [0.25, 0.3) is 0 Å². The minimum atomic E-state index is -0.791. The molecule has 0 fully saturated rings. The summed E-state index contributed by atoms with van der Waals surface area (Å²) in [4.78, 5) is 10.8. The summed E-state index contributed by atoms with van der Waals surface area (Å²) in [6.07, 6.45) is 0.615. The van der Waals surface area contributed by atoms with E-state index in [0.717, 1.165) is 27.1 Å². The highest BCUT2D eigenvalue weighted by molar-refractivity contribution is 9.10. The van der Waals surface area contributed by atoms with Crippen LogP contribution in [-0.2, 0) is 11.2 Å². The maximum atomic E-state index is 10.8. The van der Waals surface area contributed by atoms with E-state index < -0.39 is 5.97 Å². The molecule has 0 aliphatic carbocycles. The number of carbonyl (C=O) groups is 1. The molecule has 1 aliphatic heterocycles. The number of rotatable bonds is 4. The third-order valence-electron chi connectivity index (χ3n) is 3.08. The molecule has 0 radical (unpaired) electrons. The van der Waals surface area contributed by atoms with E-state index in [4.69, 9.17) is 14.6 Å². The number of carboxylic acids is 1. The van der Waals surface area contributed by atoms with Gasteiger partial charge in [-0.15, -0.1) is 0 Å². The molecule has 0 saturated heterocycles. The van der Waals surface area contributed by atoms with Crippen molar-refractivity contribution in [2.24, 2.45) is 0 Å². The first-order chi connectivity index (χ1) is 9.00. The molecule has 0 unspecified atom stereocenters. The van der Waals surface area contributed by atoms with Crippen molar-refractivity contribution in [3.05, 3.63) is 21.7 Å². The second-order valence-corrected chi connectivity index (χ2v) is 5.69. The Balaban J connectivity index is 2.47. The van der Waals surface area contributed by atoms with Crippen molar-refractivity contribution in [1.29, 1.82) is 0 Å². The quantitative estimate of drug-likeness (QED) is 0.920. The number of aliphatic carboxylic acids is 1. The Labute approximate surface area is 120 Å². The van der Waals surface area contributed by atoms with Crippen molar-refractivity contribution in [2.45, 2.75) is 32.6 Å². The molecule has 0 saturated carbocycles. The second-order valence-electron chi connectivity index (χ2n) is 4.83. The van der Waals surface area contributed by atoms with Gasteiger partial charge in [-0.1, -0.05) is 13.8 Å². The van der Waals surface area contributed by atoms with Crippen molar-refractivity contribution in [2.75, 3.05) is 13.2 Å². The highest BCUT2D eigenvalue weighted by Gasteiger charge is 2.24. The summed E-state index contributed by atoms with van der Waals surface area (Å²) >= 11 is 3.47. The van der Waals surface area contributed by atoms with Crippen LogP contribution in [0.5, 0.6) is 11.5 Å². The molecule has 0 bridgehead atoms. The van der Waals surface area contributed by atoms with Gasteiger partial charge >= 0.3 is 5.97 Å². The summed E-state index contributed by atoms with van der Waals surface area (Å²) in [5.74, 6) is 0.957. The van der Waals surface area contributed by atoms with Gasteiger partial charge in [0, 0.05) is 12.0 Å². The zero-order valence-electron chi connectivity index (χ0n) is 11.0. The van der Waals surface area contributed by atoms with Gasteiger partial charge in [-0.2, -0.15) is 0 Å². The summed E-state index contributed by atoms with van der Waals surface area (Å²) < 4.78 is 12.2. The van der Waals surface area contributed by atoms with Crippen molar-refractivity contribution in [1.82, 2.24) is 0 Å². The zero-order chi connectivity index (χ0) is 14.0. The Morgan fingerprint density at radius 1 is 1.37 bits per heavy atom. The van der Waals surface area contributed by atoms with Crippen LogP contribution in [0, 0.1) is 0 Å². The lowest BCUT2D eigenvalue weighted by Gasteiger charge is -2.26. The average molecular weight is 329 g/mol. The molecule has 1 aromatic carbocycles. The number of benzene rings is 1. The predicted octanol–water partition coefficient (Wildman–Crippen LogP) is 3.36. The molecule has 5 heteroatoms. The average Bonchev–Trinajstić information content (AvgIpc) is 2.36. The van der Waals surface area contributed by atoms with E-state index in [1.165, 1.54) is 0 Å². The fourth-order valence-electron chi connectivity index (χ4n) is 2.32. The van der Waals surface area contributed by atoms with Gasteiger partial charge in [0.05, 0.1) is 4.47 Å². The largest absolute Gasteiger partial charge is 0.486 e. The van der Waals surface area contributed by atoms with Gasteiger partial charge in [0.15, 0.2) is 11.5 Å². The molecule has 1 N–H and O–H groups in total. The van der Waals surface area contributed by atoms with E-state index in [1.807, 2.05) is 6.07 Å². The lowest BCUT2D eigenvalue weighted by Crippen LogP contribution is -2.18. The molecule has 0 spiro atoms. The van der Waals surface area contributed by atoms with Gasteiger partial charge in [0.1, 0.15) is 13.2 Å². The van der Waals surface area contributed by atoms with Crippen molar-refractivity contribution in [3.63, 3.8) is 0 Å². The topological polar surface area (TPSA) is 55.8 Å². The zero-order valence-corrected chi connectivity index (χ0v) is 12.6. The molecule has 19 heavy (non-hydrogen) atoms. The molecular weight excluding hydrogens is 312 g/mol. The van der Waals surface area contributed by atoms with Crippen LogP contribution < -0.4 is 9.47 Å². The van der Waals surface area contributed by atoms with Gasteiger partial charge in [0.2, 0.25) is 0 Å². The summed E-state index contributed by atoms with van der Waals surface area (Å²) in [6.45, 7) is 5.22. The first-order valence-corrected chi connectivity index (χ1v) is 7.12. The third-order valence-corrected chi connectivity index (χ3v) is 3.67. The van der Waals surface area contributed by atoms with Gasteiger partial charge in [-0.3, -0.25) is 4.79 Å². The lowest BCUT2D eigenvalue weighted by molar-refractivity contribution is -0.136. The van der Waals surface area contributed by atoms with Gasteiger partial charge in [0.25, 0.3) is 0 Å². The Morgan fingerprint density at radius 3 is 2.58 bits per heavy atom. The third kappa shape index (κ3) is 3.03. The smallest absolute Gasteiger partial charge is 0.303 e. The SMILES string of the molecule is CC(C)c1c(CCC(=O)O)cc(Br)c2c1OCCO2. The van der Waals surface area contributed by atoms with Crippen molar-refractivity contribution >= 4 is 21.9 Å². The fourth-order valence-corrected chi connectivity index (χ4v) is 2.89. The van der Waals surface area contributed by atoms with Crippen molar-refractivity contribution < 1.29 is 19.4 Å². The first-order valence-electron chi connectivity index (χ1n) is 6.33. The molecular formula is C14H17BrO4. The van der Waals surface area contributed by atoms with Crippen LogP contribution in [0.3, 0.4) is 0 Å². The van der Waals surface area contributed by atoms with Crippen LogP contribution in [-0.4, -0.2) is 24.3 Å². The fraction of sp³-hybridized carbons (Fsp3) is 0.500. The normalized spacial score (nSPS) is 13.7. The van der Waals surface area contributed by atoms with Crippen LogP contribution >= 0.6 is 15.9 Å². The minimum absolute atomic E-state index is 0.117. The van der Waals surface area contributed by atoms with Gasteiger partial charge in [-0.05, 0) is 39.9 Å². The van der Waals surface area contributed by atoms with Gasteiger partial charge in [-0.25, -0.2) is 0 Å². The number of aryl methyl sites for hydroxylation is 1. The summed E-state index contributed by atoms with van der Waals surface area (Å²) in [5.41, 5.74) is 2.06. The molecule has 0 aromatic heterocycles. The second kappa shape index (κ2) is 5.82. The lowest BCUT2D eigenvalue weighted by atomic mass is 9.92. The molecule has 4 nitrogen and oxygen atoms in total. The maximum Gasteiger partial charge on any atom is 0.303 e. The van der Waals surface area contributed by atoms with Crippen LogP contribution in [0.4, 0.5) is 0 Å². The monoisotopic (exact) mass is 328 g/mol. The number of hydrogen-bond donors (Lipinski definition) is 1. The number of carboxylic acid groups (broad SMARTS) is 1. The van der Waals surface area contributed by atoms with E-state index in [1.54, 1.807) is 0 Å².